The summed E-state index contributed by atoms with van der Waals surface area (Å²) in [5, 5.41) is 2.85. The van der Waals surface area contributed by atoms with Crippen LogP contribution in [0.5, 0.6) is 0 Å². The van der Waals surface area contributed by atoms with Crippen LogP contribution in [0.2, 0.25) is 0 Å². The summed E-state index contributed by atoms with van der Waals surface area (Å²) in [5.74, 6) is -0.327. The number of hydrogen-bond acceptors (Lipinski definition) is 5. The van der Waals surface area contributed by atoms with Crippen molar-refractivity contribution in [2.24, 2.45) is 0 Å². The van der Waals surface area contributed by atoms with Crippen LogP contribution in [0, 0.1) is 12.6 Å². The molecule has 0 aliphatic rings. The van der Waals surface area contributed by atoms with Gasteiger partial charge in [-0.2, -0.15) is 0 Å². The summed E-state index contributed by atoms with van der Waals surface area (Å²) in [6.45, 7) is 1.89. The van der Waals surface area contributed by atoms with Crippen molar-refractivity contribution in [2.75, 3.05) is 12.3 Å². The number of aromatic nitrogens is 1. The fraction of sp³-hybridized carbons (Fsp3) is 0.286. The summed E-state index contributed by atoms with van der Waals surface area (Å²) in [6.07, 6.45) is 0. The third-order valence-corrected chi connectivity index (χ3v) is 2.51. The molecule has 0 fully saturated rings. The van der Waals surface area contributed by atoms with Crippen LogP contribution in [0.4, 0.5) is 5.13 Å². The van der Waals surface area contributed by atoms with Crippen LogP contribution in [-0.4, -0.2) is 17.4 Å². The van der Waals surface area contributed by atoms with E-state index in [0.717, 1.165) is 4.88 Å². The SMILES string of the molecule is Cc1sc(N)nc1C(=O)NCC#P=O. The number of hydrogen-bond donors (Lipinski definition) is 2. The molecule has 1 rings (SSSR count). The Labute approximate surface area is 85.8 Å². The molecule has 1 aromatic heterocycles. The predicted octanol–water partition coefficient (Wildman–Crippen LogP) is 1.01. The minimum absolute atomic E-state index is 0.126. The molecule has 7 heteroatoms. The van der Waals surface area contributed by atoms with Gasteiger partial charge in [0.15, 0.2) is 0 Å². The van der Waals surface area contributed by atoms with Crippen LogP contribution in [0.1, 0.15) is 15.4 Å². The maximum atomic E-state index is 11.4. The van der Waals surface area contributed by atoms with Crippen molar-refractivity contribution in [1.82, 2.24) is 10.3 Å². The fourth-order valence-electron chi connectivity index (χ4n) is 0.863. The number of nitrogens with one attached hydrogen (secondary N) is 1. The van der Waals surface area contributed by atoms with Crippen LogP contribution < -0.4 is 11.1 Å². The molecule has 3 N–H and O–H groups in total. The van der Waals surface area contributed by atoms with Crippen molar-refractivity contribution in [3.05, 3.63) is 10.6 Å². The number of aryl methyl sites for hydroxylation is 1. The van der Waals surface area contributed by atoms with E-state index in [4.69, 9.17) is 5.73 Å². The summed E-state index contributed by atoms with van der Waals surface area (Å²) in [5.41, 5.74) is 8.15. The summed E-state index contributed by atoms with van der Waals surface area (Å²) in [7, 11) is -0.224. The second-order valence-corrected chi connectivity index (χ2v) is 4.12. The molecule has 0 spiro atoms. The first-order chi connectivity index (χ1) is 6.65. The van der Waals surface area contributed by atoms with Gasteiger partial charge in [-0.1, -0.05) is 0 Å². The summed E-state index contributed by atoms with van der Waals surface area (Å²) in [4.78, 5) is 16.0. The molecule has 1 aromatic rings. The average Bonchev–Trinajstić information content (AvgIpc) is 2.45. The number of carbonyl (C=O) groups excluding carboxylic acids is 1. The quantitative estimate of drug-likeness (QED) is 0.741. The van der Waals surface area contributed by atoms with Gasteiger partial charge in [0, 0.05) is 0 Å². The van der Waals surface area contributed by atoms with Crippen molar-refractivity contribution < 1.29 is 9.36 Å². The van der Waals surface area contributed by atoms with E-state index < -0.39 is 0 Å². The molecule has 74 valence electrons. The molecule has 0 bridgehead atoms. The molecule has 5 nitrogen and oxygen atoms in total. The Morgan fingerprint density at radius 1 is 1.79 bits per heavy atom. The van der Waals surface area contributed by atoms with E-state index in [1.54, 1.807) is 6.92 Å². The molecule has 0 unspecified atom stereocenters. The molecule has 0 aliphatic carbocycles. The van der Waals surface area contributed by atoms with Gasteiger partial charge in [0.25, 0.3) is 0 Å². The fourth-order valence-corrected chi connectivity index (χ4v) is 1.69. The van der Waals surface area contributed by atoms with E-state index in [1.807, 2.05) is 0 Å². The first-order valence-electron chi connectivity index (χ1n) is 3.71. The van der Waals surface area contributed by atoms with Crippen molar-refractivity contribution in [2.45, 2.75) is 6.92 Å². The van der Waals surface area contributed by atoms with Crippen LogP contribution in [0.15, 0.2) is 0 Å². The van der Waals surface area contributed by atoms with Crippen LogP contribution >= 0.6 is 19.3 Å². The molecule has 1 heterocycles. The Kier molecular flexibility index (Phi) is 3.89. The van der Waals surface area contributed by atoms with Crippen molar-refractivity contribution >= 4 is 30.3 Å². The van der Waals surface area contributed by atoms with E-state index >= 15 is 0 Å². The minimum atomic E-state index is -0.327. The van der Waals surface area contributed by atoms with E-state index in [2.05, 4.69) is 15.9 Å². The van der Waals surface area contributed by atoms with Gasteiger partial charge < -0.3 is 0 Å². The number of amides is 1. The van der Waals surface area contributed by atoms with Gasteiger partial charge >= 0.3 is 85.4 Å². The molecule has 1 amide bonds. The standard InChI is InChI=1S/C7H8N3O2PS/c1-4-5(10-7(8)14-4)6(11)9-2-3-13-12/h2H2,1H3,(H2,8,10)(H,9,11). The van der Waals surface area contributed by atoms with Crippen molar-refractivity contribution in [3.8, 4) is 5.63 Å². The first-order valence-corrected chi connectivity index (χ1v) is 5.34. The van der Waals surface area contributed by atoms with E-state index in [-0.39, 0.29) is 20.4 Å². The monoisotopic (exact) mass is 229 g/mol. The molecule has 14 heavy (non-hydrogen) atoms. The van der Waals surface area contributed by atoms with Gasteiger partial charge in [0.1, 0.15) is 0 Å². The number of carbonyl (C=O) groups is 1. The molecular formula is C7H8N3O2PS. The Morgan fingerprint density at radius 3 is 3.00 bits per heavy atom. The zero-order chi connectivity index (χ0) is 10.6. The zero-order valence-corrected chi connectivity index (χ0v) is 9.11. The van der Waals surface area contributed by atoms with Gasteiger partial charge in [-0.3, -0.25) is 0 Å². The third kappa shape index (κ3) is 2.70. The Hall–Kier alpha value is -1.09. The Bertz CT molecular complexity index is 450. The molecule has 0 aliphatic heterocycles. The van der Waals surface area contributed by atoms with E-state index in [0.29, 0.717) is 10.8 Å². The number of anilines is 1. The van der Waals surface area contributed by atoms with Gasteiger partial charge in [0.2, 0.25) is 0 Å². The maximum absolute atomic E-state index is 11.4. The number of thiazole rings is 1. The summed E-state index contributed by atoms with van der Waals surface area (Å²) < 4.78 is 10.00. The third-order valence-electron chi connectivity index (χ3n) is 1.42. The first kappa shape index (κ1) is 11.0. The van der Waals surface area contributed by atoms with Crippen LogP contribution in [-0.2, 0) is 4.57 Å². The summed E-state index contributed by atoms with van der Waals surface area (Å²) in [6, 6.07) is 0. The van der Waals surface area contributed by atoms with E-state index in [1.165, 1.54) is 11.3 Å². The molecule has 0 saturated carbocycles. The normalized spacial score (nSPS) is 9.21. The molecule has 0 saturated heterocycles. The average molecular weight is 229 g/mol. The molecule has 0 atom stereocenters. The van der Waals surface area contributed by atoms with Crippen LogP contribution in [0.25, 0.3) is 0 Å². The van der Waals surface area contributed by atoms with E-state index in [9.17, 15) is 9.36 Å². The Morgan fingerprint density at radius 2 is 2.50 bits per heavy atom. The molecular weight excluding hydrogens is 221 g/mol. The predicted molar refractivity (Wildman–Crippen MR) is 55.1 cm³/mol. The van der Waals surface area contributed by atoms with Gasteiger partial charge in [-0.05, 0) is 0 Å². The number of nitrogens with zero attached hydrogens (tertiary/aromatic N) is 1. The molecule has 0 radical (unpaired) electrons. The number of nitrogens with two attached hydrogens (primary N) is 1. The Balaban J connectivity index is 2.72. The van der Waals surface area contributed by atoms with Gasteiger partial charge in [-0.25, -0.2) is 0 Å². The topological polar surface area (TPSA) is 85.1 Å². The summed E-state index contributed by atoms with van der Waals surface area (Å²) >= 11 is 1.26. The van der Waals surface area contributed by atoms with Crippen LogP contribution in [0.3, 0.4) is 0 Å². The second kappa shape index (κ2) is 4.96. The number of nitrogen functional groups attached to an aromatic ring is 1. The van der Waals surface area contributed by atoms with Crippen molar-refractivity contribution in [3.63, 3.8) is 0 Å². The van der Waals surface area contributed by atoms with Crippen molar-refractivity contribution in [1.29, 1.82) is 0 Å². The second-order valence-electron chi connectivity index (χ2n) is 2.39. The molecule has 0 aromatic carbocycles. The van der Waals surface area contributed by atoms with Gasteiger partial charge in [-0.15, -0.1) is 0 Å². The zero-order valence-electron chi connectivity index (χ0n) is 7.40. The van der Waals surface area contributed by atoms with Gasteiger partial charge in [0.05, 0.1) is 0 Å². The number of rotatable bonds is 2.